The molecule has 1 aromatic carbocycles. The fraction of sp³-hybridized carbons (Fsp3) is 0.143. The van der Waals surface area contributed by atoms with Crippen LogP contribution in [-0.4, -0.2) is 4.98 Å². The molecule has 6 heteroatoms. The van der Waals surface area contributed by atoms with Gasteiger partial charge in [0.2, 0.25) is 5.89 Å². The second kappa shape index (κ2) is 5.69. The summed E-state index contributed by atoms with van der Waals surface area (Å²) in [5.74, 6) is 0.598. The smallest absolute Gasteiger partial charge is 0.233 e. The molecule has 0 aliphatic rings. The number of benzene rings is 1. The largest absolute Gasteiger partial charge is 1.00 e. The minimum Gasteiger partial charge on any atom is -1.00 e. The van der Waals surface area contributed by atoms with Crippen LogP contribution in [0.2, 0.25) is 0 Å². The number of aromatic nitrogens is 2. The molecule has 0 bridgehead atoms. The van der Waals surface area contributed by atoms with E-state index in [4.69, 9.17) is 10.2 Å². The molecular formula is C14H13BrIN3O. The standard InChI is InChI=1S/C14H13BrN3O.HI/c1-8-3-11(16)5-12-13(8)19-14(17-12)9-4-10(15)7-18(2)6-9;/h3-7H,16H2,1-2H3;1H/q+1;/p-1. The van der Waals surface area contributed by atoms with Crippen LogP contribution >= 0.6 is 15.9 Å². The maximum absolute atomic E-state index is 5.85. The Morgan fingerprint density at radius 3 is 2.70 bits per heavy atom. The van der Waals surface area contributed by atoms with E-state index in [1.165, 1.54) is 0 Å². The van der Waals surface area contributed by atoms with E-state index >= 15 is 0 Å². The molecule has 0 unspecified atom stereocenters. The molecule has 0 saturated carbocycles. The molecule has 4 nitrogen and oxygen atoms in total. The first kappa shape index (κ1) is 15.2. The number of hydrogen-bond acceptors (Lipinski definition) is 3. The number of aryl methyl sites for hydroxylation is 2. The van der Waals surface area contributed by atoms with E-state index in [1.54, 1.807) is 0 Å². The van der Waals surface area contributed by atoms with E-state index in [9.17, 15) is 0 Å². The normalized spacial score (nSPS) is 10.6. The van der Waals surface area contributed by atoms with E-state index in [-0.39, 0.29) is 24.0 Å². The van der Waals surface area contributed by atoms with Crippen LogP contribution in [0.5, 0.6) is 0 Å². The Bertz CT molecular complexity index is 765. The van der Waals surface area contributed by atoms with Crippen molar-refractivity contribution in [2.75, 3.05) is 5.73 Å². The molecule has 2 aromatic heterocycles. The van der Waals surface area contributed by atoms with E-state index in [2.05, 4.69) is 20.9 Å². The molecule has 0 aliphatic heterocycles. The van der Waals surface area contributed by atoms with Crippen molar-refractivity contribution in [1.82, 2.24) is 4.98 Å². The highest BCUT2D eigenvalue weighted by atomic mass is 127. The van der Waals surface area contributed by atoms with Gasteiger partial charge < -0.3 is 34.1 Å². The number of oxazole rings is 1. The van der Waals surface area contributed by atoms with Gasteiger partial charge in [-0.2, -0.15) is 0 Å². The van der Waals surface area contributed by atoms with Crippen molar-refractivity contribution < 1.29 is 33.0 Å². The molecule has 0 atom stereocenters. The molecule has 104 valence electrons. The Kier molecular flexibility index (Phi) is 4.33. The fourth-order valence-electron chi connectivity index (χ4n) is 2.14. The van der Waals surface area contributed by atoms with E-state index in [1.807, 2.05) is 49.1 Å². The van der Waals surface area contributed by atoms with Gasteiger partial charge in [-0.1, -0.05) is 0 Å². The summed E-state index contributed by atoms with van der Waals surface area (Å²) in [6, 6.07) is 5.69. The summed E-state index contributed by atoms with van der Waals surface area (Å²) >= 11 is 3.47. The minimum absolute atomic E-state index is 0. The summed E-state index contributed by atoms with van der Waals surface area (Å²) in [6.45, 7) is 1.97. The van der Waals surface area contributed by atoms with Crippen LogP contribution in [0.25, 0.3) is 22.6 Å². The first-order chi connectivity index (χ1) is 9.02. The van der Waals surface area contributed by atoms with Crippen LogP contribution in [0.15, 0.2) is 39.5 Å². The second-order valence-electron chi connectivity index (χ2n) is 4.61. The van der Waals surface area contributed by atoms with Gasteiger partial charge in [0.1, 0.15) is 18.1 Å². The number of halogens is 2. The van der Waals surface area contributed by atoms with Crippen molar-refractivity contribution in [1.29, 1.82) is 0 Å². The predicted molar refractivity (Wildman–Crippen MR) is 77.5 cm³/mol. The number of fused-ring (bicyclic) bond motifs is 1. The van der Waals surface area contributed by atoms with Gasteiger partial charge in [-0.3, -0.25) is 0 Å². The summed E-state index contributed by atoms with van der Waals surface area (Å²) in [6.07, 6.45) is 3.93. The molecule has 2 N–H and O–H groups in total. The molecule has 3 rings (SSSR count). The van der Waals surface area contributed by atoms with Crippen molar-refractivity contribution in [2.24, 2.45) is 7.05 Å². The molecule has 0 amide bonds. The topological polar surface area (TPSA) is 55.9 Å². The number of nitrogens with two attached hydrogens (primary N) is 1. The van der Waals surface area contributed by atoms with E-state index < -0.39 is 0 Å². The Balaban J connectivity index is 0.00000147. The molecule has 20 heavy (non-hydrogen) atoms. The molecule has 0 fully saturated rings. The molecule has 0 saturated heterocycles. The number of hydrogen-bond donors (Lipinski definition) is 1. The van der Waals surface area contributed by atoms with Gasteiger partial charge in [0.05, 0.1) is 4.47 Å². The number of pyridine rings is 1. The van der Waals surface area contributed by atoms with Gasteiger partial charge in [0.25, 0.3) is 0 Å². The lowest BCUT2D eigenvalue weighted by atomic mass is 10.2. The third-order valence-corrected chi connectivity index (χ3v) is 3.34. The van der Waals surface area contributed by atoms with Crippen LogP contribution in [0.1, 0.15) is 5.56 Å². The number of rotatable bonds is 1. The van der Waals surface area contributed by atoms with E-state index in [0.29, 0.717) is 11.6 Å². The van der Waals surface area contributed by atoms with Gasteiger partial charge in [-0.05, 0) is 46.6 Å². The van der Waals surface area contributed by atoms with Gasteiger partial charge >= 0.3 is 0 Å². The third-order valence-electron chi connectivity index (χ3n) is 2.91. The molecule has 3 aromatic rings. The van der Waals surface area contributed by atoms with Crippen molar-refractivity contribution in [3.05, 3.63) is 40.6 Å². The van der Waals surface area contributed by atoms with Crippen LogP contribution in [0.4, 0.5) is 5.69 Å². The van der Waals surface area contributed by atoms with Crippen LogP contribution < -0.4 is 34.3 Å². The maximum atomic E-state index is 5.85. The van der Waals surface area contributed by atoms with Gasteiger partial charge in [-0.25, -0.2) is 9.55 Å². The lowest BCUT2D eigenvalue weighted by Crippen LogP contribution is -3.00. The predicted octanol–water partition coefficient (Wildman–Crippen LogP) is -0.0236. The minimum atomic E-state index is 0. The maximum Gasteiger partial charge on any atom is 0.233 e. The van der Waals surface area contributed by atoms with Gasteiger partial charge in [0.15, 0.2) is 18.0 Å². The Labute approximate surface area is 142 Å². The van der Waals surface area contributed by atoms with Crippen molar-refractivity contribution in [3.8, 4) is 11.5 Å². The molecule has 0 radical (unpaired) electrons. The van der Waals surface area contributed by atoms with Crippen molar-refractivity contribution >= 4 is 32.7 Å². The summed E-state index contributed by atoms with van der Waals surface area (Å²) in [4.78, 5) is 4.51. The first-order valence-corrected chi connectivity index (χ1v) is 6.65. The Hall–Kier alpha value is -1.15. The number of nitrogen functional groups attached to an aromatic ring is 1. The van der Waals surface area contributed by atoms with Crippen LogP contribution in [0.3, 0.4) is 0 Å². The molecule has 0 aliphatic carbocycles. The summed E-state index contributed by atoms with van der Waals surface area (Å²) in [5.41, 5.74) is 10.0. The average Bonchev–Trinajstić information content (AvgIpc) is 2.71. The number of nitrogens with zero attached hydrogens (tertiary/aromatic N) is 2. The fourth-order valence-corrected chi connectivity index (χ4v) is 2.71. The lowest BCUT2D eigenvalue weighted by molar-refractivity contribution is -0.671. The molecule has 0 spiro atoms. The van der Waals surface area contributed by atoms with Crippen molar-refractivity contribution in [2.45, 2.75) is 6.92 Å². The molecule has 2 heterocycles. The quantitative estimate of drug-likeness (QED) is 0.325. The monoisotopic (exact) mass is 445 g/mol. The highest BCUT2D eigenvalue weighted by Gasteiger charge is 2.14. The van der Waals surface area contributed by atoms with Crippen LogP contribution in [0, 0.1) is 6.92 Å². The zero-order chi connectivity index (χ0) is 13.6. The Morgan fingerprint density at radius 2 is 2.00 bits per heavy atom. The van der Waals surface area contributed by atoms with E-state index in [0.717, 1.165) is 26.7 Å². The second-order valence-corrected chi connectivity index (χ2v) is 5.53. The zero-order valence-electron chi connectivity index (χ0n) is 11.0. The van der Waals surface area contributed by atoms with Crippen molar-refractivity contribution in [3.63, 3.8) is 0 Å². The average molecular weight is 446 g/mol. The Morgan fingerprint density at radius 1 is 1.25 bits per heavy atom. The van der Waals surface area contributed by atoms with Gasteiger partial charge in [-0.15, -0.1) is 0 Å². The molecular weight excluding hydrogens is 433 g/mol. The number of anilines is 1. The summed E-state index contributed by atoms with van der Waals surface area (Å²) < 4.78 is 8.78. The summed E-state index contributed by atoms with van der Waals surface area (Å²) in [7, 11) is 1.96. The highest BCUT2D eigenvalue weighted by Crippen LogP contribution is 2.28. The SMILES string of the molecule is Cc1cc(N)cc2nc(-c3cc(Br)c[n+](C)c3)oc12.[I-]. The van der Waals surface area contributed by atoms with Gasteiger partial charge in [0, 0.05) is 5.69 Å². The first-order valence-electron chi connectivity index (χ1n) is 5.86. The van der Waals surface area contributed by atoms with Crippen LogP contribution in [-0.2, 0) is 7.05 Å². The summed E-state index contributed by atoms with van der Waals surface area (Å²) in [5, 5.41) is 0. The third kappa shape index (κ3) is 2.80. The highest BCUT2D eigenvalue weighted by molar-refractivity contribution is 9.10. The lowest BCUT2D eigenvalue weighted by Gasteiger charge is -1.95. The zero-order valence-corrected chi connectivity index (χ0v) is 14.8.